The Balaban J connectivity index is 3.17. The Morgan fingerprint density at radius 2 is 0.636 bits per heavy atom. The maximum absolute atomic E-state index is 12.0. The second-order valence-electron chi connectivity index (χ2n) is 14.0. The standard InChI is InChI=1S/C42H82O2/c1-3-5-7-9-11-13-15-17-19-20-21-22-23-24-25-27-29-31-33-35-37-39-41-44-42(43)40-38-36-34-32-30-28-26-18-16-14-12-10-8-6-4-2/h18,26H,3-17,19-25,27-41H2,1-2H3. The lowest BCUT2D eigenvalue weighted by Gasteiger charge is -2.06. The number of hydrogen-bond donors (Lipinski definition) is 0. The zero-order valence-corrected chi connectivity index (χ0v) is 30.6. The highest BCUT2D eigenvalue weighted by molar-refractivity contribution is 5.69. The normalized spacial score (nSPS) is 11.6. The van der Waals surface area contributed by atoms with E-state index in [2.05, 4.69) is 26.0 Å². The molecule has 44 heavy (non-hydrogen) atoms. The minimum atomic E-state index is 0.0196. The van der Waals surface area contributed by atoms with Gasteiger partial charge in [0.05, 0.1) is 6.61 Å². The topological polar surface area (TPSA) is 26.3 Å². The molecule has 0 fully saturated rings. The van der Waals surface area contributed by atoms with E-state index in [0.717, 1.165) is 19.3 Å². The lowest BCUT2D eigenvalue weighted by molar-refractivity contribution is -0.143. The molecule has 0 aromatic heterocycles. The number of carbonyl (C=O) groups is 1. The van der Waals surface area contributed by atoms with Crippen molar-refractivity contribution in [2.45, 2.75) is 245 Å². The molecule has 0 unspecified atom stereocenters. The van der Waals surface area contributed by atoms with E-state index >= 15 is 0 Å². The Morgan fingerprint density at radius 3 is 0.977 bits per heavy atom. The number of esters is 1. The number of unbranched alkanes of at least 4 members (excludes halogenated alkanes) is 32. The van der Waals surface area contributed by atoms with Crippen molar-refractivity contribution >= 4 is 5.97 Å². The summed E-state index contributed by atoms with van der Waals surface area (Å²) in [6.07, 6.45) is 53.0. The predicted molar refractivity (Wildman–Crippen MR) is 198 cm³/mol. The first-order valence-corrected chi connectivity index (χ1v) is 20.6. The van der Waals surface area contributed by atoms with Gasteiger partial charge in [-0.05, 0) is 38.5 Å². The Labute approximate surface area is 278 Å². The average Bonchev–Trinajstić information content (AvgIpc) is 3.03. The molecule has 0 radical (unpaired) electrons. The van der Waals surface area contributed by atoms with Gasteiger partial charge < -0.3 is 4.74 Å². The van der Waals surface area contributed by atoms with Crippen LogP contribution >= 0.6 is 0 Å². The van der Waals surface area contributed by atoms with Crippen molar-refractivity contribution < 1.29 is 9.53 Å². The van der Waals surface area contributed by atoms with E-state index in [9.17, 15) is 4.79 Å². The van der Waals surface area contributed by atoms with E-state index in [1.54, 1.807) is 0 Å². The molecule has 0 amide bonds. The van der Waals surface area contributed by atoms with E-state index < -0.39 is 0 Å². The molecular weight excluding hydrogens is 536 g/mol. The lowest BCUT2D eigenvalue weighted by Crippen LogP contribution is -2.05. The van der Waals surface area contributed by atoms with Crippen molar-refractivity contribution in [2.75, 3.05) is 6.61 Å². The number of ether oxygens (including phenoxy) is 1. The number of allylic oxidation sites excluding steroid dienone is 2. The number of carbonyl (C=O) groups excluding carboxylic acids is 1. The molecule has 262 valence electrons. The van der Waals surface area contributed by atoms with Crippen LogP contribution in [0.25, 0.3) is 0 Å². The molecule has 0 saturated carbocycles. The molecule has 0 bridgehead atoms. The summed E-state index contributed by atoms with van der Waals surface area (Å²) in [5, 5.41) is 0. The van der Waals surface area contributed by atoms with Gasteiger partial charge in [-0.2, -0.15) is 0 Å². The average molecular weight is 619 g/mol. The van der Waals surface area contributed by atoms with Gasteiger partial charge >= 0.3 is 5.97 Å². The third-order valence-electron chi connectivity index (χ3n) is 9.40. The highest BCUT2D eigenvalue weighted by Gasteiger charge is 2.02. The van der Waals surface area contributed by atoms with Crippen molar-refractivity contribution in [2.24, 2.45) is 0 Å². The Bertz CT molecular complexity index is 554. The van der Waals surface area contributed by atoms with Gasteiger partial charge in [0, 0.05) is 6.42 Å². The quantitative estimate of drug-likeness (QED) is 0.0391. The highest BCUT2D eigenvalue weighted by Crippen LogP contribution is 2.16. The second-order valence-corrected chi connectivity index (χ2v) is 14.0. The van der Waals surface area contributed by atoms with E-state index in [1.807, 2.05) is 0 Å². The Morgan fingerprint density at radius 1 is 0.364 bits per heavy atom. The fourth-order valence-electron chi connectivity index (χ4n) is 6.31. The van der Waals surface area contributed by atoms with Crippen LogP contribution in [-0.2, 0) is 9.53 Å². The van der Waals surface area contributed by atoms with Gasteiger partial charge in [0.15, 0.2) is 0 Å². The lowest BCUT2D eigenvalue weighted by atomic mass is 10.0. The molecule has 0 aliphatic carbocycles. The van der Waals surface area contributed by atoms with Crippen molar-refractivity contribution in [3.05, 3.63) is 12.2 Å². The molecule has 0 saturated heterocycles. The molecule has 0 atom stereocenters. The van der Waals surface area contributed by atoms with Gasteiger partial charge in [0.25, 0.3) is 0 Å². The Kier molecular flexibility index (Phi) is 39.5. The molecule has 0 N–H and O–H groups in total. The van der Waals surface area contributed by atoms with E-state index in [-0.39, 0.29) is 5.97 Å². The van der Waals surface area contributed by atoms with Crippen LogP contribution in [0.4, 0.5) is 0 Å². The van der Waals surface area contributed by atoms with E-state index in [0.29, 0.717) is 13.0 Å². The van der Waals surface area contributed by atoms with Crippen LogP contribution in [0, 0.1) is 0 Å². The van der Waals surface area contributed by atoms with Crippen LogP contribution < -0.4 is 0 Å². The third-order valence-corrected chi connectivity index (χ3v) is 9.40. The van der Waals surface area contributed by atoms with Gasteiger partial charge in [-0.3, -0.25) is 4.79 Å². The number of rotatable bonds is 38. The molecule has 0 rings (SSSR count). The van der Waals surface area contributed by atoms with Gasteiger partial charge in [0.1, 0.15) is 0 Å². The van der Waals surface area contributed by atoms with Gasteiger partial charge in [-0.1, -0.05) is 212 Å². The zero-order valence-electron chi connectivity index (χ0n) is 30.6. The summed E-state index contributed by atoms with van der Waals surface area (Å²) < 4.78 is 5.46. The minimum absolute atomic E-state index is 0.0196. The molecular formula is C42H82O2. The SMILES string of the molecule is CCCCCCCCC=CCCCCCCCC(=O)OCCCCCCCCCCCCCCCCCCCCCCCC. The van der Waals surface area contributed by atoms with Crippen molar-refractivity contribution in [1.82, 2.24) is 0 Å². The molecule has 0 aliphatic heterocycles. The first kappa shape index (κ1) is 43.2. The summed E-state index contributed by atoms with van der Waals surface area (Å²) in [5.41, 5.74) is 0. The summed E-state index contributed by atoms with van der Waals surface area (Å²) in [4.78, 5) is 12.0. The molecule has 2 heteroatoms. The van der Waals surface area contributed by atoms with Crippen molar-refractivity contribution in [3.63, 3.8) is 0 Å². The minimum Gasteiger partial charge on any atom is -0.466 e. The van der Waals surface area contributed by atoms with Gasteiger partial charge in [0.2, 0.25) is 0 Å². The number of hydrogen-bond acceptors (Lipinski definition) is 2. The Hall–Kier alpha value is -0.790. The maximum Gasteiger partial charge on any atom is 0.305 e. The van der Waals surface area contributed by atoms with Crippen LogP contribution in [0.3, 0.4) is 0 Å². The fraction of sp³-hybridized carbons (Fsp3) is 0.929. The summed E-state index contributed by atoms with van der Waals surface area (Å²) in [6, 6.07) is 0. The maximum atomic E-state index is 12.0. The van der Waals surface area contributed by atoms with Crippen molar-refractivity contribution in [1.29, 1.82) is 0 Å². The van der Waals surface area contributed by atoms with Crippen LogP contribution in [0.1, 0.15) is 245 Å². The largest absolute Gasteiger partial charge is 0.466 e. The highest BCUT2D eigenvalue weighted by atomic mass is 16.5. The molecule has 0 aromatic rings. The first-order chi connectivity index (χ1) is 21.8. The summed E-state index contributed by atoms with van der Waals surface area (Å²) in [7, 11) is 0. The van der Waals surface area contributed by atoms with Crippen LogP contribution in [0.15, 0.2) is 12.2 Å². The van der Waals surface area contributed by atoms with Gasteiger partial charge in [-0.15, -0.1) is 0 Å². The molecule has 2 nitrogen and oxygen atoms in total. The summed E-state index contributed by atoms with van der Waals surface area (Å²) in [5.74, 6) is 0.0196. The summed E-state index contributed by atoms with van der Waals surface area (Å²) >= 11 is 0. The van der Waals surface area contributed by atoms with E-state index in [4.69, 9.17) is 4.74 Å². The molecule has 0 aliphatic rings. The molecule has 0 aromatic carbocycles. The van der Waals surface area contributed by atoms with Crippen LogP contribution in [0.2, 0.25) is 0 Å². The third kappa shape index (κ3) is 39.2. The van der Waals surface area contributed by atoms with Crippen LogP contribution in [0.5, 0.6) is 0 Å². The van der Waals surface area contributed by atoms with E-state index in [1.165, 1.54) is 205 Å². The predicted octanol–water partition coefficient (Wildman–Crippen LogP) is 15.2. The smallest absolute Gasteiger partial charge is 0.305 e. The molecule has 0 spiro atoms. The summed E-state index contributed by atoms with van der Waals surface area (Å²) in [6.45, 7) is 5.21. The molecule has 0 heterocycles. The van der Waals surface area contributed by atoms with Crippen LogP contribution in [-0.4, -0.2) is 12.6 Å². The zero-order chi connectivity index (χ0) is 31.9. The fourth-order valence-corrected chi connectivity index (χ4v) is 6.31. The monoisotopic (exact) mass is 619 g/mol. The van der Waals surface area contributed by atoms with Crippen molar-refractivity contribution in [3.8, 4) is 0 Å². The first-order valence-electron chi connectivity index (χ1n) is 20.6. The second kappa shape index (κ2) is 40.2. The van der Waals surface area contributed by atoms with Gasteiger partial charge in [-0.25, -0.2) is 0 Å².